The second-order valence-electron chi connectivity index (χ2n) is 6.39. The average molecular weight is 355 g/mol. The van der Waals surface area contributed by atoms with Crippen molar-refractivity contribution in [1.82, 2.24) is 4.90 Å². The molecule has 1 heterocycles. The van der Waals surface area contributed by atoms with E-state index >= 15 is 0 Å². The molecule has 0 radical (unpaired) electrons. The Bertz CT molecular complexity index is 788. The van der Waals surface area contributed by atoms with Gasteiger partial charge in [-0.3, -0.25) is 4.79 Å². The lowest BCUT2D eigenvalue weighted by atomic mass is 9.98. The van der Waals surface area contributed by atoms with Gasteiger partial charge >= 0.3 is 0 Å². The highest BCUT2D eigenvalue weighted by Gasteiger charge is 2.22. The van der Waals surface area contributed by atoms with E-state index in [2.05, 4.69) is 0 Å². The summed E-state index contributed by atoms with van der Waals surface area (Å²) < 4.78 is 16.0. The third kappa shape index (κ3) is 3.93. The van der Waals surface area contributed by atoms with Crippen LogP contribution in [-0.4, -0.2) is 38.7 Å². The van der Waals surface area contributed by atoms with Gasteiger partial charge < -0.3 is 19.1 Å². The number of ether oxygens (including phenoxy) is 3. The minimum atomic E-state index is 0.174. The fraction of sp³-hybridized carbons (Fsp3) is 0.381. The predicted octanol–water partition coefficient (Wildman–Crippen LogP) is 3.23. The first-order valence-electron chi connectivity index (χ1n) is 8.79. The summed E-state index contributed by atoms with van der Waals surface area (Å²) in [5.74, 6) is 2.44. The molecule has 5 heteroatoms. The van der Waals surface area contributed by atoms with Gasteiger partial charge in [0.15, 0.2) is 11.5 Å². The zero-order chi connectivity index (χ0) is 18.5. The molecule has 1 aliphatic rings. The number of aryl methyl sites for hydroxylation is 1. The van der Waals surface area contributed by atoms with Crippen molar-refractivity contribution < 1.29 is 19.0 Å². The first-order chi connectivity index (χ1) is 12.6. The number of carbonyl (C=O) groups is 1. The monoisotopic (exact) mass is 355 g/mol. The number of hydrogen-bond acceptors (Lipinski definition) is 4. The second kappa shape index (κ2) is 8.13. The van der Waals surface area contributed by atoms with Gasteiger partial charge in [0, 0.05) is 19.5 Å². The molecule has 0 N–H and O–H groups in total. The van der Waals surface area contributed by atoms with Crippen LogP contribution in [-0.2, 0) is 24.2 Å². The Hall–Kier alpha value is -2.69. The summed E-state index contributed by atoms with van der Waals surface area (Å²) in [4.78, 5) is 14.6. The number of hydrogen-bond donors (Lipinski definition) is 0. The maximum absolute atomic E-state index is 12.7. The molecule has 3 rings (SSSR count). The summed E-state index contributed by atoms with van der Waals surface area (Å²) in [5.41, 5.74) is 3.46. The van der Waals surface area contributed by atoms with Crippen LogP contribution >= 0.6 is 0 Å². The summed E-state index contributed by atoms with van der Waals surface area (Å²) in [6.07, 6.45) is 2.04. The van der Waals surface area contributed by atoms with Crippen molar-refractivity contribution in [2.24, 2.45) is 0 Å². The quantitative estimate of drug-likeness (QED) is 0.798. The minimum Gasteiger partial charge on any atom is -0.497 e. The molecule has 0 aromatic heterocycles. The molecule has 0 unspecified atom stereocenters. The van der Waals surface area contributed by atoms with E-state index < -0.39 is 0 Å². The molecule has 2 aromatic rings. The molecule has 1 aliphatic heterocycles. The lowest BCUT2D eigenvalue weighted by Gasteiger charge is -2.29. The Morgan fingerprint density at radius 1 is 1.00 bits per heavy atom. The van der Waals surface area contributed by atoms with Gasteiger partial charge in [-0.1, -0.05) is 12.1 Å². The van der Waals surface area contributed by atoms with E-state index in [9.17, 15) is 4.79 Å². The van der Waals surface area contributed by atoms with Gasteiger partial charge in [-0.25, -0.2) is 0 Å². The van der Waals surface area contributed by atoms with E-state index in [1.54, 1.807) is 21.3 Å². The topological polar surface area (TPSA) is 48.0 Å². The zero-order valence-corrected chi connectivity index (χ0v) is 15.6. The maximum Gasteiger partial charge on any atom is 0.223 e. The van der Waals surface area contributed by atoms with Gasteiger partial charge in [-0.05, 0) is 53.8 Å². The van der Waals surface area contributed by atoms with Crippen LogP contribution in [0.25, 0.3) is 0 Å². The van der Waals surface area contributed by atoms with Crippen molar-refractivity contribution in [3.05, 3.63) is 53.1 Å². The summed E-state index contributed by atoms with van der Waals surface area (Å²) >= 11 is 0. The Balaban J connectivity index is 1.65. The summed E-state index contributed by atoms with van der Waals surface area (Å²) in [6.45, 7) is 1.35. The van der Waals surface area contributed by atoms with Crippen LogP contribution in [0.15, 0.2) is 36.4 Å². The SMILES string of the molecule is COc1cccc(CCC(=O)N2CCc3cc(OC)c(OC)cc3C2)c1. The Labute approximate surface area is 154 Å². The third-order valence-electron chi connectivity index (χ3n) is 4.83. The number of nitrogens with zero attached hydrogens (tertiary/aromatic N) is 1. The van der Waals surface area contributed by atoms with Gasteiger partial charge in [-0.2, -0.15) is 0 Å². The van der Waals surface area contributed by atoms with Crippen molar-refractivity contribution in [3.8, 4) is 17.2 Å². The molecule has 0 saturated carbocycles. The van der Waals surface area contributed by atoms with Crippen LogP contribution in [0.4, 0.5) is 0 Å². The molecule has 5 nitrogen and oxygen atoms in total. The number of fused-ring (bicyclic) bond motifs is 1. The summed E-state index contributed by atoms with van der Waals surface area (Å²) in [5, 5.41) is 0. The number of methoxy groups -OCH3 is 3. The number of rotatable bonds is 6. The normalized spacial score (nSPS) is 13.1. The van der Waals surface area contributed by atoms with E-state index in [4.69, 9.17) is 14.2 Å². The first kappa shape index (κ1) is 18.1. The molecule has 138 valence electrons. The van der Waals surface area contributed by atoms with E-state index in [1.165, 1.54) is 5.56 Å². The average Bonchev–Trinajstić information content (AvgIpc) is 2.70. The highest BCUT2D eigenvalue weighted by Crippen LogP contribution is 2.33. The maximum atomic E-state index is 12.7. The Kier molecular flexibility index (Phi) is 5.66. The molecular formula is C21H25NO4. The van der Waals surface area contributed by atoms with Crippen LogP contribution in [0.5, 0.6) is 17.2 Å². The molecule has 0 bridgehead atoms. The minimum absolute atomic E-state index is 0.174. The zero-order valence-electron chi connectivity index (χ0n) is 15.6. The van der Waals surface area contributed by atoms with Crippen LogP contribution in [0.1, 0.15) is 23.1 Å². The third-order valence-corrected chi connectivity index (χ3v) is 4.83. The van der Waals surface area contributed by atoms with Gasteiger partial charge in [0.05, 0.1) is 21.3 Å². The Morgan fingerprint density at radius 2 is 1.73 bits per heavy atom. The van der Waals surface area contributed by atoms with Crippen molar-refractivity contribution in [2.75, 3.05) is 27.9 Å². The van der Waals surface area contributed by atoms with Gasteiger partial charge in [0.2, 0.25) is 5.91 Å². The smallest absolute Gasteiger partial charge is 0.223 e. The molecule has 0 saturated heterocycles. The largest absolute Gasteiger partial charge is 0.497 e. The lowest BCUT2D eigenvalue weighted by Crippen LogP contribution is -2.36. The van der Waals surface area contributed by atoms with Gasteiger partial charge in [0.1, 0.15) is 5.75 Å². The molecule has 0 aliphatic carbocycles. The van der Waals surface area contributed by atoms with E-state index in [0.29, 0.717) is 25.1 Å². The molecular weight excluding hydrogens is 330 g/mol. The number of benzene rings is 2. The van der Waals surface area contributed by atoms with Crippen molar-refractivity contribution in [3.63, 3.8) is 0 Å². The van der Waals surface area contributed by atoms with Crippen molar-refractivity contribution >= 4 is 5.91 Å². The highest BCUT2D eigenvalue weighted by molar-refractivity contribution is 5.77. The number of amides is 1. The fourth-order valence-corrected chi connectivity index (χ4v) is 3.33. The van der Waals surface area contributed by atoms with Gasteiger partial charge in [-0.15, -0.1) is 0 Å². The second-order valence-corrected chi connectivity index (χ2v) is 6.39. The molecule has 0 spiro atoms. The van der Waals surface area contributed by atoms with E-state index in [1.807, 2.05) is 41.3 Å². The molecule has 1 amide bonds. The van der Waals surface area contributed by atoms with Crippen molar-refractivity contribution in [1.29, 1.82) is 0 Å². The van der Waals surface area contributed by atoms with Crippen LogP contribution in [0.2, 0.25) is 0 Å². The summed E-state index contributed by atoms with van der Waals surface area (Å²) in [6, 6.07) is 11.9. The lowest BCUT2D eigenvalue weighted by molar-refractivity contribution is -0.132. The van der Waals surface area contributed by atoms with Crippen molar-refractivity contribution in [2.45, 2.75) is 25.8 Å². The first-order valence-corrected chi connectivity index (χ1v) is 8.79. The fourth-order valence-electron chi connectivity index (χ4n) is 3.33. The standard InChI is InChI=1S/C21H25NO4/c1-24-18-6-4-5-15(11-18)7-8-21(23)22-10-9-16-12-19(25-2)20(26-3)13-17(16)14-22/h4-6,11-13H,7-10,14H2,1-3H3. The van der Waals surface area contributed by atoms with E-state index in [-0.39, 0.29) is 5.91 Å². The van der Waals surface area contributed by atoms with Crippen LogP contribution in [0, 0.1) is 0 Å². The predicted molar refractivity (Wildman–Crippen MR) is 100.0 cm³/mol. The van der Waals surface area contributed by atoms with Crippen LogP contribution < -0.4 is 14.2 Å². The molecule has 0 atom stereocenters. The molecule has 0 fully saturated rings. The molecule has 2 aromatic carbocycles. The summed E-state index contributed by atoms with van der Waals surface area (Å²) in [7, 11) is 4.92. The Morgan fingerprint density at radius 3 is 2.42 bits per heavy atom. The van der Waals surface area contributed by atoms with Gasteiger partial charge in [0.25, 0.3) is 0 Å². The number of carbonyl (C=O) groups excluding carboxylic acids is 1. The van der Waals surface area contributed by atoms with E-state index in [0.717, 1.165) is 35.6 Å². The van der Waals surface area contributed by atoms with Crippen LogP contribution in [0.3, 0.4) is 0 Å². The molecule has 26 heavy (non-hydrogen) atoms. The highest BCUT2D eigenvalue weighted by atomic mass is 16.5.